The predicted molar refractivity (Wildman–Crippen MR) is 79.4 cm³/mol. The Hall–Kier alpha value is -0.910. The Morgan fingerprint density at radius 2 is 1.90 bits per heavy atom. The molecule has 1 aliphatic carbocycles. The van der Waals surface area contributed by atoms with E-state index in [0.29, 0.717) is 18.0 Å². The Balaban J connectivity index is 2.02. The molecule has 2 rings (SSSR count). The molecular weight excluding hydrogens is 274 g/mol. The van der Waals surface area contributed by atoms with Crippen LogP contribution in [0.3, 0.4) is 0 Å². The second-order valence-electron chi connectivity index (χ2n) is 5.45. The zero-order valence-electron chi connectivity index (χ0n) is 12.2. The van der Waals surface area contributed by atoms with E-state index in [1.54, 1.807) is 6.07 Å². The average Bonchev–Trinajstić information content (AvgIpc) is 2.43. The monoisotopic (exact) mass is 297 g/mol. The summed E-state index contributed by atoms with van der Waals surface area (Å²) in [6.45, 7) is 4.55. The lowest BCUT2D eigenvalue weighted by Crippen LogP contribution is -2.28. The molecule has 1 aromatic carbocycles. The Morgan fingerprint density at radius 3 is 2.60 bits per heavy atom. The molecule has 1 aromatic rings. The van der Waals surface area contributed by atoms with Crippen molar-refractivity contribution in [2.75, 3.05) is 13.2 Å². The van der Waals surface area contributed by atoms with E-state index in [1.165, 1.54) is 17.5 Å². The van der Waals surface area contributed by atoms with E-state index in [-0.39, 0.29) is 6.10 Å². The summed E-state index contributed by atoms with van der Waals surface area (Å²) in [5.41, 5.74) is 2.47. The summed E-state index contributed by atoms with van der Waals surface area (Å²) in [7, 11) is -3.42. The lowest BCUT2D eigenvalue weighted by Gasteiger charge is -2.17. The van der Waals surface area contributed by atoms with Gasteiger partial charge in [-0.05, 0) is 62.8 Å². The Bertz CT molecular complexity index is 552. The number of hydrogen-bond acceptors (Lipinski definition) is 3. The van der Waals surface area contributed by atoms with Gasteiger partial charge in [0.25, 0.3) is 0 Å². The third-order valence-corrected chi connectivity index (χ3v) is 4.93. The normalized spacial score (nSPS) is 15.3. The first kappa shape index (κ1) is 15.5. The van der Waals surface area contributed by atoms with Gasteiger partial charge in [0, 0.05) is 6.54 Å². The third-order valence-electron chi connectivity index (χ3n) is 3.48. The fourth-order valence-electron chi connectivity index (χ4n) is 2.43. The lowest BCUT2D eigenvalue weighted by molar-refractivity contribution is 0.0834. The molecule has 0 fully saturated rings. The standard InChI is InChI=1S/C15H23NO3S/c1-12(2)19-10-9-16-20(17,18)15-8-7-13-5-3-4-6-14(13)11-15/h7-8,11-12,16H,3-6,9-10H2,1-2H3. The van der Waals surface area contributed by atoms with Crippen molar-refractivity contribution in [3.63, 3.8) is 0 Å². The maximum atomic E-state index is 12.2. The van der Waals surface area contributed by atoms with Gasteiger partial charge in [-0.2, -0.15) is 0 Å². The molecular formula is C15H23NO3S. The molecule has 0 aromatic heterocycles. The van der Waals surface area contributed by atoms with Gasteiger partial charge in [-0.25, -0.2) is 13.1 Å². The second kappa shape index (κ2) is 6.70. The van der Waals surface area contributed by atoms with Crippen molar-refractivity contribution in [3.05, 3.63) is 29.3 Å². The molecule has 0 saturated heterocycles. The molecule has 0 amide bonds. The highest BCUT2D eigenvalue weighted by atomic mass is 32.2. The van der Waals surface area contributed by atoms with Gasteiger partial charge in [0.15, 0.2) is 0 Å². The summed E-state index contributed by atoms with van der Waals surface area (Å²) in [6.07, 6.45) is 4.50. The van der Waals surface area contributed by atoms with Crippen molar-refractivity contribution in [1.29, 1.82) is 0 Å². The minimum absolute atomic E-state index is 0.114. The van der Waals surface area contributed by atoms with Crippen LogP contribution in [0.15, 0.2) is 23.1 Å². The van der Waals surface area contributed by atoms with E-state index in [1.807, 2.05) is 26.0 Å². The molecule has 0 bridgehead atoms. The van der Waals surface area contributed by atoms with Crippen LogP contribution in [0.25, 0.3) is 0 Å². The van der Waals surface area contributed by atoms with Crippen molar-refractivity contribution in [1.82, 2.24) is 4.72 Å². The fourth-order valence-corrected chi connectivity index (χ4v) is 3.49. The molecule has 112 valence electrons. The van der Waals surface area contributed by atoms with Crippen LogP contribution >= 0.6 is 0 Å². The zero-order valence-corrected chi connectivity index (χ0v) is 13.0. The molecule has 0 aliphatic heterocycles. The average molecular weight is 297 g/mol. The highest BCUT2D eigenvalue weighted by Gasteiger charge is 2.17. The van der Waals surface area contributed by atoms with Gasteiger partial charge in [-0.15, -0.1) is 0 Å². The van der Waals surface area contributed by atoms with Crippen LogP contribution in [0.5, 0.6) is 0 Å². The van der Waals surface area contributed by atoms with E-state index >= 15 is 0 Å². The summed E-state index contributed by atoms with van der Waals surface area (Å²) in [5, 5.41) is 0. The summed E-state index contributed by atoms with van der Waals surface area (Å²) in [6, 6.07) is 5.48. The number of ether oxygens (including phenoxy) is 1. The van der Waals surface area contributed by atoms with Gasteiger partial charge in [0.1, 0.15) is 0 Å². The van der Waals surface area contributed by atoms with Crippen LogP contribution in [0, 0.1) is 0 Å². The summed E-state index contributed by atoms with van der Waals surface area (Å²) in [5.74, 6) is 0. The predicted octanol–water partition coefficient (Wildman–Crippen LogP) is 2.27. The zero-order chi connectivity index (χ0) is 14.6. The molecule has 0 spiro atoms. The molecule has 0 unspecified atom stereocenters. The van der Waals surface area contributed by atoms with Crippen molar-refractivity contribution in [3.8, 4) is 0 Å². The first-order valence-corrected chi connectivity index (χ1v) is 8.70. The highest BCUT2D eigenvalue weighted by molar-refractivity contribution is 7.89. The summed E-state index contributed by atoms with van der Waals surface area (Å²) < 4.78 is 32.3. The fraction of sp³-hybridized carbons (Fsp3) is 0.600. The van der Waals surface area contributed by atoms with Crippen LogP contribution in [0.1, 0.15) is 37.8 Å². The SMILES string of the molecule is CC(C)OCCNS(=O)(=O)c1ccc2c(c1)CCCC2. The topological polar surface area (TPSA) is 55.4 Å². The van der Waals surface area contributed by atoms with Gasteiger partial charge in [0.2, 0.25) is 10.0 Å². The van der Waals surface area contributed by atoms with E-state index in [2.05, 4.69) is 4.72 Å². The van der Waals surface area contributed by atoms with Crippen LogP contribution in [-0.4, -0.2) is 27.7 Å². The smallest absolute Gasteiger partial charge is 0.240 e. The number of nitrogens with one attached hydrogen (secondary N) is 1. The van der Waals surface area contributed by atoms with E-state index < -0.39 is 10.0 Å². The minimum Gasteiger partial charge on any atom is -0.377 e. The lowest BCUT2D eigenvalue weighted by atomic mass is 9.92. The van der Waals surface area contributed by atoms with Crippen LogP contribution in [0.2, 0.25) is 0 Å². The highest BCUT2D eigenvalue weighted by Crippen LogP contribution is 2.23. The molecule has 0 radical (unpaired) electrons. The van der Waals surface area contributed by atoms with Gasteiger partial charge in [-0.1, -0.05) is 6.07 Å². The van der Waals surface area contributed by atoms with Crippen LogP contribution < -0.4 is 4.72 Å². The first-order chi connectivity index (χ1) is 9.49. The largest absolute Gasteiger partial charge is 0.377 e. The number of rotatable bonds is 6. The van der Waals surface area contributed by atoms with Gasteiger partial charge in [0.05, 0.1) is 17.6 Å². The van der Waals surface area contributed by atoms with Crippen molar-refractivity contribution in [2.24, 2.45) is 0 Å². The number of fused-ring (bicyclic) bond motifs is 1. The van der Waals surface area contributed by atoms with E-state index in [4.69, 9.17) is 4.74 Å². The molecule has 1 N–H and O–H groups in total. The molecule has 4 nitrogen and oxygen atoms in total. The van der Waals surface area contributed by atoms with Gasteiger partial charge < -0.3 is 4.74 Å². The minimum atomic E-state index is -3.42. The van der Waals surface area contributed by atoms with E-state index in [9.17, 15) is 8.42 Å². The molecule has 0 atom stereocenters. The van der Waals surface area contributed by atoms with Gasteiger partial charge >= 0.3 is 0 Å². The quantitative estimate of drug-likeness (QED) is 0.820. The summed E-state index contributed by atoms with van der Waals surface area (Å²) >= 11 is 0. The van der Waals surface area contributed by atoms with Crippen molar-refractivity contribution < 1.29 is 13.2 Å². The Kier molecular flexibility index (Phi) is 5.18. The molecule has 1 aliphatic rings. The van der Waals surface area contributed by atoms with Crippen molar-refractivity contribution >= 4 is 10.0 Å². The molecule has 0 heterocycles. The second-order valence-corrected chi connectivity index (χ2v) is 7.22. The summed E-state index contributed by atoms with van der Waals surface area (Å²) in [4.78, 5) is 0.364. The number of hydrogen-bond donors (Lipinski definition) is 1. The molecule has 0 saturated carbocycles. The third kappa shape index (κ3) is 4.04. The number of benzene rings is 1. The first-order valence-electron chi connectivity index (χ1n) is 7.22. The Labute approximate surface area is 121 Å². The number of aryl methyl sites for hydroxylation is 2. The maximum Gasteiger partial charge on any atom is 0.240 e. The molecule has 5 heteroatoms. The molecule has 20 heavy (non-hydrogen) atoms. The maximum absolute atomic E-state index is 12.2. The van der Waals surface area contributed by atoms with Gasteiger partial charge in [-0.3, -0.25) is 0 Å². The van der Waals surface area contributed by atoms with Crippen molar-refractivity contribution in [2.45, 2.75) is 50.5 Å². The van der Waals surface area contributed by atoms with Crippen LogP contribution in [0.4, 0.5) is 0 Å². The van der Waals surface area contributed by atoms with Crippen LogP contribution in [-0.2, 0) is 27.6 Å². The van der Waals surface area contributed by atoms with E-state index in [0.717, 1.165) is 19.3 Å². The number of sulfonamides is 1. The Morgan fingerprint density at radius 1 is 1.20 bits per heavy atom.